The molecular formula is C13H18F3NO2. The highest BCUT2D eigenvalue weighted by Gasteiger charge is 2.34. The van der Waals surface area contributed by atoms with Crippen molar-refractivity contribution >= 4 is 0 Å². The molecule has 6 heteroatoms. The highest BCUT2D eigenvalue weighted by molar-refractivity contribution is 5.39. The van der Waals surface area contributed by atoms with E-state index < -0.39 is 11.7 Å². The van der Waals surface area contributed by atoms with Gasteiger partial charge in [-0.1, -0.05) is 6.07 Å². The van der Waals surface area contributed by atoms with E-state index in [1.807, 2.05) is 6.92 Å². The lowest BCUT2D eigenvalue weighted by Crippen LogP contribution is -2.11. The zero-order chi connectivity index (χ0) is 14.3. The number of hydrogen-bond acceptors (Lipinski definition) is 3. The van der Waals surface area contributed by atoms with Crippen LogP contribution in [0.1, 0.15) is 24.5 Å². The van der Waals surface area contributed by atoms with Gasteiger partial charge in [0, 0.05) is 26.2 Å². The van der Waals surface area contributed by atoms with Crippen LogP contribution in [0.3, 0.4) is 0 Å². The van der Waals surface area contributed by atoms with Gasteiger partial charge in [-0.3, -0.25) is 0 Å². The highest BCUT2D eigenvalue weighted by Crippen LogP contribution is 2.36. The van der Waals surface area contributed by atoms with Gasteiger partial charge in [0.15, 0.2) is 0 Å². The van der Waals surface area contributed by atoms with Crippen molar-refractivity contribution in [2.24, 2.45) is 5.73 Å². The summed E-state index contributed by atoms with van der Waals surface area (Å²) in [5, 5.41) is 0. The van der Waals surface area contributed by atoms with Gasteiger partial charge in [0.1, 0.15) is 5.75 Å². The van der Waals surface area contributed by atoms with E-state index in [0.29, 0.717) is 25.2 Å². The number of hydrogen-bond donors (Lipinski definition) is 1. The van der Waals surface area contributed by atoms with Gasteiger partial charge in [-0.2, -0.15) is 13.2 Å². The molecule has 0 unspecified atom stereocenters. The van der Waals surface area contributed by atoms with Gasteiger partial charge < -0.3 is 15.2 Å². The maximum absolute atomic E-state index is 12.8. The summed E-state index contributed by atoms with van der Waals surface area (Å²) in [6, 6.07) is 3.87. The summed E-state index contributed by atoms with van der Waals surface area (Å²) in [5.41, 5.74) is 4.98. The lowest BCUT2D eigenvalue weighted by atomic mass is 10.1. The number of halogens is 3. The standard InChI is InChI=1S/C13H18F3NO2/c1-2-18-6-3-7-19-12-5-4-10(9-17)8-11(12)13(14,15)16/h4-5,8H,2-3,6-7,9,17H2,1H3. The van der Waals surface area contributed by atoms with Crippen LogP contribution in [0.15, 0.2) is 18.2 Å². The second-order valence-corrected chi connectivity index (χ2v) is 3.93. The molecule has 1 aromatic rings. The van der Waals surface area contributed by atoms with E-state index in [0.717, 1.165) is 6.07 Å². The fraction of sp³-hybridized carbons (Fsp3) is 0.538. The van der Waals surface area contributed by atoms with Crippen LogP contribution < -0.4 is 10.5 Å². The Hall–Kier alpha value is -1.27. The zero-order valence-electron chi connectivity index (χ0n) is 10.8. The molecule has 3 nitrogen and oxygen atoms in total. The molecule has 1 rings (SSSR count). The highest BCUT2D eigenvalue weighted by atomic mass is 19.4. The summed E-state index contributed by atoms with van der Waals surface area (Å²) in [6.45, 7) is 3.16. The van der Waals surface area contributed by atoms with Gasteiger partial charge in [-0.25, -0.2) is 0 Å². The quantitative estimate of drug-likeness (QED) is 0.779. The molecule has 0 heterocycles. The van der Waals surface area contributed by atoms with Crippen LogP contribution in [-0.4, -0.2) is 19.8 Å². The zero-order valence-corrected chi connectivity index (χ0v) is 10.8. The minimum absolute atomic E-state index is 0.0632. The molecule has 19 heavy (non-hydrogen) atoms. The van der Waals surface area contributed by atoms with Crippen LogP contribution in [0.25, 0.3) is 0 Å². The normalized spacial score (nSPS) is 11.6. The summed E-state index contributed by atoms with van der Waals surface area (Å²) in [5.74, 6) is -0.166. The van der Waals surface area contributed by atoms with Crippen LogP contribution >= 0.6 is 0 Å². The maximum atomic E-state index is 12.8. The monoisotopic (exact) mass is 277 g/mol. The minimum Gasteiger partial charge on any atom is -0.493 e. The summed E-state index contributed by atoms with van der Waals surface area (Å²) < 4.78 is 48.8. The molecule has 0 aromatic heterocycles. The van der Waals surface area contributed by atoms with Crippen molar-refractivity contribution in [3.8, 4) is 5.75 Å². The van der Waals surface area contributed by atoms with Crippen LogP contribution in [0.2, 0.25) is 0 Å². The van der Waals surface area contributed by atoms with Crippen molar-refractivity contribution in [2.75, 3.05) is 19.8 Å². The van der Waals surface area contributed by atoms with Crippen LogP contribution in [-0.2, 0) is 17.5 Å². The Morgan fingerprint density at radius 3 is 2.53 bits per heavy atom. The molecule has 2 N–H and O–H groups in total. The number of rotatable bonds is 7. The first-order chi connectivity index (χ1) is 8.99. The number of benzene rings is 1. The first-order valence-corrected chi connectivity index (χ1v) is 6.09. The Morgan fingerprint density at radius 1 is 1.21 bits per heavy atom. The lowest BCUT2D eigenvalue weighted by Gasteiger charge is -2.15. The third kappa shape index (κ3) is 5.08. The van der Waals surface area contributed by atoms with Crippen molar-refractivity contribution < 1.29 is 22.6 Å². The summed E-state index contributed by atoms with van der Waals surface area (Å²) in [6.07, 6.45) is -3.90. The molecule has 0 atom stereocenters. The van der Waals surface area contributed by atoms with Gasteiger partial charge in [-0.05, 0) is 24.6 Å². The van der Waals surface area contributed by atoms with Gasteiger partial charge in [0.25, 0.3) is 0 Å². The molecule has 108 valence electrons. The maximum Gasteiger partial charge on any atom is 0.419 e. The second kappa shape index (κ2) is 7.35. The first-order valence-electron chi connectivity index (χ1n) is 6.09. The summed E-state index contributed by atoms with van der Waals surface area (Å²) in [4.78, 5) is 0. The lowest BCUT2D eigenvalue weighted by molar-refractivity contribution is -0.139. The van der Waals surface area contributed by atoms with Crippen molar-refractivity contribution in [2.45, 2.75) is 26.1 Å². The molecule has 0 aliphatic carbocycles. The van der Waals surface area contributed by atoms with Crippen molar-refractivity contribution in [1.29, 1.82) is 0 Å². The van der Waals surface area contributed by atoms with E-state index in [2.05, 4.69) is 0 Å². The van der Waals surface area contributed by atoms with E-state index >= 15 is 0 Å². The van der Waals surface area contributed by atoms with Crippen molar-refractivity contribution in [3.63, 3.8) is 0 Å². The summed E-state index contributed by atoms with van der Waals surface area (Å²) in [7, 11) is 0. The summed E-state index contributed by atoms with van der Waals surface area (Å²) >= 11 is 0. The average Bonchev–Trinajstić information content (AvgIpc) is 2.37. The van der Waals surface area contributed by atoms with Crippen LogP contribution in [0.5, 0.6) is 5.75 Å². The molecule has 0 aliphatic rings. The third-order valence-corrected chi connectivity index (χ3v) is 2.48. The Balaban J connectivity index is 2.71. The smallest absolute Gasteiger partial charge is 0.419 e. The molecule has 0 bridgehead atoms. The Kier molecular flexibility index (Phi) is 6.11. The van der Waals surface area contributed by atoms with Gasteiger partial charge >= 0.3 is 6.18 Å². The van der Waals surface area contributed by atoms with E-state index in [-0.39, 0.29) is 18.9 Å². The Bertz CT molecular complexity index is 394. The molecule has 0 amide bonds. The predicted octanol–water partition coefficient (Wildman–Crippen LogP) is 2.97. The molecule has 0 fully saturated rings. The number of nitrogens with two attached hydrogens (primary N) is 1. The minimum atomic E-state index is -4.44. The molecular weight excluding hydrogens is 259 g/mol. The fourth-order valence-electron chi connectivity index (χ4n) is 1.54. The average molecular weight is 277 g/mol. The molecule has 1 aromatic carbocycles. The van der Waals surface area contributed by atoms with E-state index in [1.54, 1.807) is 0 Å². The third-order valence-electron chi connectivity index (χ3n) is 2.48. The Morgan fingerprint density at radius 2 is 1.95 bits per heavy atom. The largest absolute Gasteiger partial charge is 0.493 e. The van der Waals surface area contributed by atoms with Crippen molar-refractivity contribution in [3.05, 3.63) is 29.3 Å². The topological polar surface area (TPSA) is 44.5 Å². The predicted molar refractivity (Wildman–Crippen MR) is 65.9 cm³/mol. The molecule has 0 aliphatic heterocycles. The second-order valence-electron chi connectivity index (χ2n) is 3.93. The Labute approximate surface area is 110 Å². The molecule has 0 spiro atoms. The van der Waals surface area contributed by atoms with E-state index in [4.69, 9.17) is 15.2 Å². The van der Waals surface area contributed by atoms with Crippen LogP contribution in [0, 0.1) is 0 Å². The SMILES string of the molecule is CCOCCCOc1ccc(CN)cc1C(F)(F)F. The fourth-order valence-corrected chi connectivity index (χ4v) is 1.54. The first kappa shape index (κ1) is 15.8. The van der Waals surface area contributed by atoms with Crippen molar-refractivity contribution in [1.82, 2.24) is 0 Å². The van der Waals surface area contributed by atoms with Gasteiger partial charge in [0.2, 0.25) is 0 Å². The number of alkyl halides is 3. The number of ether oxygens (including phenoxy) is 2. The van der Waals surface area contributed by atoms with E-state index in [9.17, 15) is 13.2 Å². The van der Waals surface area contributed by atoms with Crippen LogP contribution in [0.4, 0.5) is 13.2 Å². The van der Waals surface area contributed by atoms with Gasteiger partial charge in [-0.15, -0.1) is 0 Å². The van der Waals surface area contributed by atoms with Gasteiger partial charge in [0.05, 0.1) is 12.2 Å². The van der Waals surface area contributed by atoms with E-state index in [1.165, 1.54) is 12.1 Å². The molecule has 0 saturated heterocycles. The molecule has 0 radical (unpaired) electrons. The molecule has 0 saturated carbocycles.